The number of aryl methyl sites for hydroxylation is 1. The molecule has 0 saturated heterocycles. The average Bonchev–Trinajstić information content (AvgIpc) is 3.18. The molecule has 0 bridgehead atoms. The molecule has 4 heteroatoms. The Morgan fingerprint density at radius 3 is 2.90 bits per heavy atom. The second-order valence-electron chi connectivity index (χ2n) is 5.77. The number of likely N-dealkylation sites (N-methyl/N-ethyl adjacent to an activating group) is 1. The predicted octanol–water partition coefficient (Wildman–Crippen LogP) is 2.10. The Bertz CT molecular complexity index is 557. The highest BCUT2D eigenvalue weighted by Gasteiger charge is 2.57. The number of benzene rings is 1. The van der Waals surface area contributed by atoms with Crippen LogP contribution in [0.4, 0.5) is 0 Å². The summed E-state index contributed by atoms with van der Waals surface area (Å²) in [5.41, 5.74) is 8.39. The first-order valence-electron chi connectivity index (χ1n) is 7.28. The highest BCUT2D eigenvalue weighted by molar-refractivity contribution is 7.80. The lowest BCUT2D eigenvalue weighted by atomic mass is 9.92. The first-order chi connectivity index (χ1) is 9.63. The first-order valence-corrected chi connectivity index (χ1v) is 7.69. The van der Waals surface area contributed by atoms with Gasteiger partial charge in [0.15, 0.2) is 0 Å². The summed E-state index contributed by atoms with van der Waals surface area (Å²) >= 11 is 4.94. The topological polar surface area (TPSA) is 46.3 Å². The Morgan fingerprint density at radius 1 is 1.45 bits per heavy atom. The fraction of sp³-hybridized carbons (Fsp3) is 0.500. The standard InChI is InChI=1S/C16H20N2OS/c1-2-18(9-13(17)20)16(19)15-12-8-7-10-5-3-4-6-11(10)14(12)15/h3-6,12,14-15H,2,7-9H2,1H3,(H2,17,20). The van der Waals surface area contributed by atoms with Crippen LogP contribution < -0.4 is 5.73 Å². The van der Waals surface area contributed by atoms with Crippen LogP contribution in [0.2, 0.25) is 0 Å². The highest BCUT2D eigenvalue weighted by atomic mass is 32.1. The average molecular weight is 288 g/mol. The molecule has 0 spiro atoms. The second kappa shape index (κ2) is 5.17. The lowest BCUT2D eigenvalue weighted by Gasteiger charge is -2.20. The van der Waals surface area contributed by atoms with Crippen molar-refractivity contribution in [3.8, 4) is 0 Å². The van der Waals surface area contributed by atoms with Crippen molar-refractivity contribution in [3.63, 3.8) is 0 Å². The summed E-state index contributed by atoms with van der Waals surface area (Å²) in [4.78, 5) is 14.9. The minimum absolute atomic E-state index is 0.146. The zero-order valence-electron chi connectivity index (χ0n) is 11.7. The molecule has 3 unspecified atom stereocenters. The molecular formula is C16H20N2OS. The van der Waals surface area contributed by atoms with Gasteiger partial charge in [0.05, 0.1) is 11.5 Å². The monoisotopic (exact) mass is 288 g/mol. The van der Waals surface area contributed by atoms with Crippen LogP contribution in [0.5, 0.6) is 0 Å². The molecule has 0 heterocycles. The van der Waals surface area contributed by atoms with Crippen molar-refractivity contribution in [2.75, 3.05) is 13.1 Å². The fourth-order valence-electron chi connectivity index (χ4n) is 3.65. The molecular weight excluding hydrogens is 268 g/mol. The van der Waals surface area contributed by atoms with E-state index in [9.17, 15) is 4.79 Å². The van der Waals surface area contributed by atoms with Crippen molar-refractivity contribution >= 4 is 23.1 Å². The van der Waals surface area contributed by atoms with Gasteiger partial charge in [-0.3, -0.25) is 4.79 Å². The molecule has 1 amide bonds. The van der Waals surface area contributed by atoms with Gasteiger partial charge in [0.25, 0.3) is 0 Å². The minimum atomic E-state index is 0.146. The predicted molar refractivity (Wildman–Crippen MR) is 83.5 cm³/mol. The summed E-state index contributed by atoms with van der Waals surface area (Å²) in [6, 6.07) is 8.54. The number of nitrogens with zero attached hydrogens (tertiary/aromatic N) is 1. The Kier molecular flexibility index (Phi) is 3.50. The second-order valence-corrected chi connectivity index (χ2v) is 6.30. The summed E-state index contributed by atoms with van der Waals surface area (Å²) < 4.78 is 0. The Labute approximate surface area is 125 Å². The third-order valence-electron chi connectivity index (χ3n) is 4.66. The Hall–Kier alpha value is -1.42. The number of rotatable bonds is 4. The fourth-order valence-corrected chi connectivity index (χ4v) is 3.80. The summed E-state index contributed by atoms with van der Waals surface area (Å²) in [7, 11) is 0. The molecule has 0 radical (unpaired) electrons. The normalized spacial score (nSPS) is 26.4. The van der Waals surface area contributed by atoms with Crippen LogP contribution in [0.3, 0.4) is 0 Å². The molecule has 3 rings (SSSR count). The number of carbonyl (C=O) groups is 1. The van der Waals surface area contributed by atoms with Crippen LogP contribution in [-0.2, 0) is 11.2 Å². The van der Waals surface area contributed by atoms with Gasteiger partial charge in [-0.05, 0) is 42.7 Å². The van der Waals surface area contributed by atoms with E-state index in [0.717, 1.165) is 12.8 Å². The third kappa shape index (κ3) is 2.22. The van der Waals surface area contributed by atoms with Gasteiger partial charge in [0.2, 0.25) is 5.91 Å². The van der Waals surface area contributed by atoms with Crippen LogP contribution in [-0.4, -0.2) is 28.9 Å². The molecule has 0 aliphatic heterocycles. The van der Waals surface area contributed by atoms with Crippen molar-refractivity contribution in [2.24, 2.45) is 17.6 Å². The summed E-state index contributed by atoms with van der Waals surface area (Å²) in [5, 5.41) is 0. The van der Waals surface area contributed by atoms with E-state index < -0.39 is 0 Å². The van der Waals surface area contributed by atoms with E-state index in [0.29, 0.717) is 29.9 Å². The summed E-state index contributed by atoms with van der Waals surface area (Å²) in [6.07, 6.45) is 2.23. The lowest BCUT2D eigenvalue weighted by Crippen LogP contribution is -2.38. The minimum Gasteiger partial charge on any atom is -0.392 e. The lowest BCUT2D eigenvalue weighted by molar-refractivity contribution is -0.132. The van der Waals surface area contributed by atoms with Gasteiger partial charge in [-0.25, -0.2) is 0 Å². The smallest absolute Gasteiger partial charge is 0.226 e. The molecule has 2 aliphatic carbocycles. The van der Waals surface area contributed by atoms with Gasteiger partial charge in [-0.15, -0.1) is 0 Å². The zero-order valence-corrected chi connectivity index (χ0v) is 12.5. The molecule has 106 valence electrons. The van der Waals surface area contributed by atoms with Gasteiger partial charge in [0, 0.05) is 12.5 Å². The van der Waals surface area contributed by atoms with Crippen LogP contribution in [0, 0.1) is 11.8 Å². The van der Waals surface area contributed by atoms with E-state index in [1.54, 1.807) is 4.90 Å². The Morgan fingerprint density at radius 2 is 2.20 bits per heavy atom. The maximum atomic E-state index is 12.7. The molecule has 3 atom stereocenters. The molecule has 20 heavy (non-hydrogen) atoms. The van der Waals surface area contributed by atoms with Crippen molar-refractivity contribution in [2.45, 2.75) is 25.7 Å². The number of hydrogen-bond donors (Lipinski definition) is 1. The van der Waals surface area contributed by atoms with Crippen LogP contribution in [0.15, 0.2) is 24.3 Å². The number of thiocarbonyl (C=S) groups is 1. The maximum Gasteiger partial charge on any atom is 0.226 e. The van der Waals surface area contributed by atoms with Crippen molar-refractivity contribution in [1.29, 1.82) is 0 Å². The zero-order chi connectivity index (χ0) is 14.3. The molecule has 1 aromatic carbocycles. The van der Waals surface area contributed by atoms with Gasteiger partial charge in [-0.1, -0.05) is 36.5 Å². The quantitative estimate of drug-likeness (QED) is 0.863. The largest absolute Gasteiger partial charge is 0.392 e. The van der Waals surface area contributed by atoms with E-state index in [-0.39, 0.29) is 11.8 Å². The highest BCUT2D eigenvalue weighted by Crippen LogP contribution is 2.60. The number of nitrogens with two attached hydrogens (primary N) is 1. The molecule has 1 fully saturated rings. The summed E-state index contributed by atoms with van der Waals surface area (Å²) in [6.45, 7) is 3.06. The van der Waals surface area contributed by atoms with Gasteiger partial charge >= 0.3 is 0 Å². The Balaban J connectivity index is 1.78. The molecule has 0 aromatic heterocycles. The van der Waals surface area contributed by atoms with Crippen LogP contribution in [0.25, 0.3) is 0 Å². The summed E-state index contributed by atoms with van der Waals surface area (Å²) in [5.74, 6) is 1.32. The van der Waals surface area contributed by atoms with Crippen LogP contribution >= 0.6 is 12.2 Å². The van der Waals surface area contributed by atoms with E-state index >= 15 is 0 Å². The van der Waals surface area contributed by atoms with E-state index in [1.165, 1.54) is 11.1 Å². The number of amides is 1. The van der Waals surface area contributed by atoms with Gasteiger partial charge in [0.1, 0.15) is 0 Å². The maximum absolute atomic E-state index is 12.7. The van der Waals surface area contributed by atoms with E-state index in [4.69, 9.17) is 18.0 Å². The number of fused-ring (bicyclic) bond motifs is 3. The molecule has 2 aliphatic rings. The van der Waals surface area contributed by atoms with E-state index in [1.807, 2.05) is 6.92 Å². The molecule has 3 nitrogen and oxygen atoms in total. The molecule has 2 N–H and O–H groups in total. The van der Waals surface area contributed by atoms with Crippen molar-refractivity contribution < 1.29 is 4.79 Å². The van der Waals surface area contributed by atoms with Crippen molar-refractivity contribution in [3.05, 3.63) is 35.4 Å². The van der Waals surface area contributed by atoms with Crippen LogP contribution in [0.1, 0.15) is 30.4 Å². The molecule has 1 saturated carbocycles. The number of carbonyl (C=O) groups excluding carboxylic acids is 1. The SMILES string of the molecule is CCN(CC(N)=S)C(=O)C1C2CCc3ccccc3C21. The van der Waals surface area contributed by atoms with E-state index in [2.05, 4.69) is 24.3 Å². The first kappa shape index (κ1) is 13.6. The van der Waals surface area contributed by atoms with Gasteiger partial charge in [-0.2, -0.15) is 0 Å². The van der Waals surface area contributed by atoms with Gasteiger partial charge < -0.3 is 10.6 Å². The molecule has 1 aromatic rings. The third-order valence-corrected chi connectivity index (χ3v) is 4.78. The van der Waals surface area contributed by atoms with Crippen molar-refractivity contribution in [1.82, 2.24) is 4.90 Å². The number of hydrogen-bond acceptors (Lipinski definition) is 2.